The largest absolute Gasteiger partial charge is 0.497 e. The van der Waals surface area contributed by atoms with Crippen molar-refractivity contribution in [3.63, 3.8) is 0 Å². The van der Waals surface area contributed by atoms with E-state index < -0.39 is 45.1 Å². The van der Waals surface area contributed by atoms with Crippen molar-refractivity contribution in [1.82, 2.24) is 8.61 Å². The first kappa shape index (κ1) is 54.8. The summed E-state index contributed by atoms with van der Waals surface area (Å²) < 4.78 is 73.0. The Morgan fingerprint density at radius 2 is 0.972 bits per heavy atom. The van der Waals surface area contributed by atoms with Gasteiger partial charge in [-0.05, 0) is 171 Å². The van der Waals surface area contributed by atoms with Crippen molar-refractivity contribution in [3.8, 4) is 39.5 Å². The molecule has 2 aliphatic rings. The molecule has 8 rings (SSSR count). The maximum absolute atomic E-state index is 13.5. The number of aryl methyl sites for hydroxylation is 4. The predicted molar refractivity (Wildman–Crippen MR) is 281 cm³/mol. The number of carboxylic acids is 2. The van der Waals surface area contributed by atoms with Crippen LogP contribution in [-0.2, 0) is 55.6 Å². The minimum Gasteiger partial charge on any atom is -0.497 e. The summed E-state index contributed by atoms with van der Waals surface area (Å²) in [4.78, 5) is 23.2. The molecule has 382 valence electrons. The number of fused-ring (bicyclic) bond motifs is 2. The number of methoxy groups -OCH3 is 1. The smallest absolute Gasteiger partial charge is 0.318 e. The van der Waals surface area contributed by atoms with E-state index in [4.69, 9.17) is 14.2 Å². The zero-order valence-corrected chi connectivity index (χ0v) is 44.2. The number of hydrogen-bond donors (Lipinski definition) is 2. The molecule has 0 aromatic heterocycles. The number of carbonyl (C=O) groups is 2. The van der Waals surface area contributed by atoms with Crippen LogP contribution in [0.2, 0.25) is 0 Å². The van der Waals surface area contributed by atoms with Crippen molar-refractivity contribution in [2.75, 3.05) is 20.2 Å². The van der Waals surface area contributed by atoms with Crippen LogP contribution in [0.25, 0.3) is 22.3 Å². The molecule has 0 saturated heterocycles. The molecule has 2 heterocycles. The molecule has 0 unspecified atom stereocenters. The van der Waals surface area contributed by atoms with Crippen molar-refractivity contribution >= 4 is 32.0 Å². The Kier molecular flexibility index (Phi) is 17.4. The summed E-state index contributed by atoms with van der Waals surface area (Å²) in [6, 6.07) is 38.3. The first-order valence-electron chi connectivity index (χ1n) is 24.0. The fourth-order valence-electron chi connectivity index (χ4n) is 8.38. The third kappa shape index (κ3) is 13.7. The molecule has 0 atom stereocenters. The molecule has 15 heteroatoms. The standard InChI is InChI=1S/C28H31NO5S.C27H29NO6S.C2H6/c1-19-5-8-23(15-20(19)2)22-9-6-21(7-10-22)17-29(18-27(30)31)35(32,33)25-11-12-26-24(16-25)13-14-28(3,4)34-26;1-27(2)14-13-22-16-24(11-12-25(22)34-27)35(31,32)28(18-26(29)30)17-19-7-9-20(10-8-19)21-5-4-6-23(15-21)33-3;1-2/h5-12,15-16H,13-14,17-18H2,1-4H3,(H,30,31);4-12,15-16H,13-14,17-18H2,1-3H3,(H,29,30);1-2H3. The first-order valence-corrected chi connectivity index (χ1v) is 26.9. The minimum absolute atomic E-state index is 0.0392. The fraction of sp³-hybridized carbons (Fsp3) is 0.333. The van der Waals surface area contributed by atoms with Gasteiger partial charge in [-0.3, -0.25) is 9.59 Å². The molecule has 2 N–H and O–H groups in total. The number of rotatable bonds is 15. The molecule has 0 spiro atoms. The van der Waals surface area contributed by atoms with Gasteiger partial charge in [0.05, 0.1) is 16.9 Å². The summed E-state index contributed by atoms with van der Waals surface area (Å²) in [7, 11) is -6.47. The quantitative estimate of drug-likeness (QED) is 0.100. The summed E-state index contributed by atoms with van der Waals surface area (Å²) in [5.74, 6) is -0.345. The van der Waals surface area contributed by atoms with Crippen LogP contribution in [0.1, 0.15) is 87.8 Å². The van der Waals surface area contributed by atoms with E-state index in [2.05, 4.69) is 32.0 Å². The maximum Gasteiger partial charge on any atom is 0.318 e. The highest BCUT2D eigenvalue weighted by molar-refractivity contribution is 7.89. The molecule has 6 aromatic carbocycles. The van der Waals surface area contributed by atoms with Gasteiger partial charge in [-0.2, -0.15) is 8.61 Å². The van der Waals surface area contributed by atoms with Crippen molar-refractivity contribution < 1.29 is 50.8 Å². The van der Waals surface area contributed by atoms with E-state index in [1.54, 1.807) is 31.4 Å². The molecule has 0 amide bonds. The van der Waals surface area contributed by atoms with E-state index in [9.17, 15) is 36.6 Å². The molecule has 0 fully saturated rings. The van der Waals surface area contributed by atoms with Crippen LogP contribution in [0, 0.1) is 13.8 Å². The lowest BCUT2D eigenvalue weighted by Crippen LogP contribution is -2.36. The van der Waals surface area contributed by atoms with Crippen LogP contribution >= 0.6 is 0 Å². The van der Waals surface area contributed by atoms with Gasteiger partial charge in [0, 0.05) is 13.1 Å². The Morgan fingerprint density at radius 3 is 1.38 bits per heavy atom. The third-order valence-electron chi connectivity index (χ3n) is 12.6. The Morgan fingerprint density at radius 1 is 0.556 bits per heavy atom. The summed E-state index contributed by atoms with van der Waals surface area (Å²) in [6.07, 6.45) is 2.93. The summed E-state index contributed by atoms with van der Waals surface area (Å²) in [5, 5.41) is 18.9. The molecule has 2 aliphatic heterocycles. The number of sulfonamides is 2. The van der Waals surface area contributed by atoms with Gasteiger partial charge in [-0.1, -0.05) is 92.7 Å². The van der Waals surface area contributed by atoms with Crippen LogP contribution in [0.15, 0.2) is 137 Å². The topological polar surface area (TPSA) is 177 Å². The maximum atomic E-state index is 13.5. The van der Waals surface area contributed by atoms with Crippen molar-refractivity contribution in [2.24, 2.45) is 0 Å². The molecular formula is C57H66N2O11S2. The summed E-state index contributed by atoms with van der Waals surface area (Å²) in [6.45, 7) is 14.8. The number of benzene rings is 6. The molecule has 0 aliphatic carbocycles. The minimum atomic E-state index is -4.05. The predicted octanol–water partition coefficient (Wildman–Crippen LogP) is 11.1. The number of carboxylic acid groups (broad SMARTS) is 2. The molecular weight excluding hydrogens is 953 g/mol. The van der Waals surface area contributed by atoms with E-state index in [1.807, 2.05) is 114 Å². The fourth-order valence-corrected chi connectivity index (χ4v) is 11.2. The van der Waals surface area contributed by atoms with Crippen LogP contribution in [0.5, 0.6) is 17.2 Å². The summed E-state index contributed by atoms with van der Waals surface area (Å²) >= 11 is 0. The van der Waals surface area contributed by atoms with Gasteiger partial charge in [0.15, 0.2) is 0 Å². The highest BCUT2D eigenvalue weighted by Crippen LogP contribution is 2.37. The van der Waals surface area contributed by atoms with E-state index in [0.717, 1.165) is 60.6 Å². The number of aliphatic carboxylic acids is 2. The van der Waals surface area contributed by atoms with Crippen LogP contribution in [0.4, 0.5) is 0 Å². The number of ether oxygens (including phenoxy) is 3. The van der Waals surface area contributed by atoms with Gasteiger partial charge >= 0.3 is 11.9 Å². The zero-order valence-electron chi connectivity index (χ0n) is 42.6. The highest BCUT2D eigenvalue weighted by Gasteiger charge is 2.33. The lowest BCUT2D eigenvalue weighted by Gasteiger charge is -2.33. The molecule has 0 radical (unpaired) electrons. The monoisotopic (exact) mass is 1020 g/mol. The second-order valence-electron chi connectivity index (χ2n) is 19.0. The van der Waals surface area contributed by atoms with Crippen LogP contribution in [-0.4, -0.2) is 79.0 Å². The van der Waals surface area contributed by atoms with E-state index >= 15 is 0 Å². The normalized spacial score (nSPS) is 14.5. The highest BCUT2D eigenvalue weighted by atomic mass is 32.2. The van der Waals surface area contributed by atoms with Gasteiger partial charge in [-0.15, -0.1) is 0 Å². The molecule has 6 aromatic rings. The van der Waals surface area contributed by atoms with Crippen LogP contribution in [0.3, 0.4) is 0 Å². The molecule has 0 bridgehead atoms. The second kappa shape index (κ2) is 22.9. The van der Waals surface area contributed by atoms with E-state index in [0.29, 0.717) is 35.5 Å². The van der Waals surface area contributed by atoms with Crippen molar-refractivity contribution in [1.29, 1.82) is 0 Å². The van der Waals surface area contributed by atoms with Gasteiger partial charge in [0.25, 0.3) is 0 Å². The molecule has 0 saturated carbocycles. The van der Waals surface area contributed by atoms with E-state index in [-0.39, 0.29) is 34.1 Å². The third-order valence-corrected chi connectivity index (χ3v) is 16.2. The number of nitrogens with zero attached hydrogens (tertiary/aromatic N) is 2. The molecule has 13 nitrogen and oxygen atoms in total. The zero-order chi connectivity index (χ0) is 52.6. The van der Waals surface area contributed by atoms with Gasteiger partial charge in [-0.25, -0.2) is 16.8 Å². The SMILES string of the molecule is CC.COc1cccc(-c2ccc(CN(CC(=O)O)S(=O)(=O)c3ccc4c(c3)CCC(C)(C)O4)cc2)c1.Cc1ccc(-c2ccc(CN(CC(=O)O)S(=O)(=O)c3ccc4c(c3)CCC(C)(C)O4)cc2)cc1C. The van der Waals surface area contributed by atoms with E-state index in [1.165, 1.54) is 23.3 Å². The Bertz CT molecular complexity index is 3110. The Hall–Kier alpha value is -6.52. The lowest BCUT2D eigenvalue weighted by molar-refractivity contribution is -0.138. The number of hydrogen-bond acceptors (Lipinski definition) is 9. The van der Waals surface area contributed by atoms with Gasteiger partial charge in [0.2, 0.25) is 20.0 Å². The Balaban J connectivity index is 0.000000228. The van der Waals surface area contributed by atoms with Gasteiger partial charge in [0.1, 0.15) is 41.5 Å². The average molecular weight is 1020 g/mol. The lowest BCUT2D eigenvalue weighted by atomic mass is 9.94. The first-order chi connectivity index (χ1) is 34.0. The summed E-state index contributed by atoms with van der Waals surface area (Å²) in [5.41, 5.74) is 8.84. The van der Waals surface area contributed by atoms with Crippen LogP contribution < -0.4 is 14.2 Å². The molecule has 72 heavy (non-hydrogen) atoms. The average Bonchev–Trinajstić information content (AvgIpc) is 3.34. The Labute approximate surface area is 425 Å². The second-order valence-corrected chi connectivity index (χ2v) is 22.9. The van der Waals surface area contributed by atoms with Crippen molar-refractivity contribution in [3.05, 3.63) is 161 Å². The van der Waals surface area contributed by atoms with Crippen molar-refractivity contribution in [2.45, 2.75) is 115 Å². The van der Waals surface area contributed by atoms with Gasteiger partial charge < -0.3 is 24.4 Å².